The van der Waals surface area contributed by atoms with Crippen LogP contribution in [0, 0.1) is 0 Å². The molecule has 0 saturated carbocycles. The second-order valence-electron chi connectivity index (χ2n) is 6.50. The molecule has 1 aliphatic rings. The van der Waals surface area contributed by atoms with Crippen LogP contribution in [0.5, 0.6) is 0 Å². The molecular weight excluding hydrogens is 377 g/mol. The number of hydrogen-bond acceptors (Lipinski definition) is 5. The van der Waals surface area contributed by atoms with E-state index in [4.69, 9.17) is 13.8 Å². The van der Waals surface area contributed by atoms with E-state index in [-0.39, 0.29) is 19.8 Å². The van der Waals surface area contributed by atoms with E-state index in [1.165, 1.54) is 4.90 Å². The summed E-state index contributed by atoms with van der Waals surface area (Å²) in [5, 5.41) is 0. The molecule has 150 valence electrons. The van der Waals surface area contributed by atoms with Gasteiger partial charge in [-0.3, -0.25) is 9.46 Å². The Labute approximate surface area is 165 Å². The largest absolute Gasteiger partial charge is 0.445 e. The molecule has 2 aromatic rings. The highest BCUT2D eigenvalue weighted by Crippen LogP contribution is 2.56. The maximum absolute atomic E-state index is 13.5. The van der Waals surface area contributed by atoms with Gasteiger partial charge in [0.1, 0.15) is 12.4 Å². The fourth-order valence-corrected chi connectivity index (χ4v) is 5.42. The molecular formula is C21H26NO5P. The topological polar surface area (TPSA) is 65.1 Å². The van der Waals surface area contributed by atoms with Gasteiger partial charge in [0.25, 0.3) is 0 Å². The van der Waals surface area contributed by atoms with E-state index in [0.29, 0.717) is 13.0 Å². The Balaban J connectivity index is 1.85. The number of nitrogens with zero attached hydrogens (tertiary/aromatic N) is 1. The summed E-state index contributed by atoms with van der Waals surface area (Å²) in [4.78, 5) is 14.4. The minimum absolute atomic E-state index is 0.151. The lowest BCUT2D eigenvalue weighted by Gasteiger charge is -2.38. The molecule has 28 heavy (non-hydrogen) atoms. The van der Waals surface area contributed by atoms with Crippen molar-refractivity contribution in [2.45, 2.75) is 39.2 Å². The molecule has 7 heteroatoms. The van der Waals surface area contributed by atoms with Gasteiger partial charge in [-0.25, -0.2) is 4.79 Å². The Morgan fingerprint density at radius 1 is 1.00 bits per heavy atom. The standard InChI is InChI=1S/C21H26NO5P/c1-3-26-28(24,27-4-2)20-14-18-12-8-9-13-19(18)15-22(20)21(23)25-16-17-10-6-5-7-11-17/h5-13,20H,3-4,14-16H2,1-2H3/t20-/m0/s1. The number of rotatable bonds is 7. The fourth-order valence-electron chi connectivity index (χ4n) is 3.35. The summed E-state index contributed by atoms with van der Waals surface area (Å²) < 4.78 is 30.1. The van der Waals surface area contributed by atoms with Gasteiger partial charge in [0.2, 0.25) is 0 Å². The third kappa shape index (κ3) is 4.64. The molecule has 0 bridgehead atoms. The third-order valence-corrected chi connectivity index (χ3v) is 7.07. The number of fused-ring (bicyclic) bond motifs is 1. The van der Waals surface area contributed by atoms with E-state index in [9.17, 15) is 9.36 Å². The molecule has 6 nitrogen and oxygen atoms in total. The Morgan fingerprint density at radius 3 is 2.25 bits per heavy atom. The summed E-state index contributed by atoms with van der Waals surface area (Å²) in [6.07, 6.45) is -0.128. The minimum atomic E-state index is -3.53. The first-order valence-corrected chi connectivity index (χ1v) is 11.1. The number of hydrogen-bond donors (Lipinski definition) is 0. The van der Waals surface area contributed by atoms with Gasteiger partial charge in [0.15, 0.2) is 0 Å². The van der Waals surface area contributed by atoms with Crippen molar-refractivity contribution < 1.29 is 23.1 Å². The Hall–Kier alpha value is -2.14. The Kier molecular flexibility index (Phi) is 6.89. The van der Waals surface area contributed by atoms with Crippen LogP contribution < -0.4 is 0 Å². The summed E-state index contributed by atoms with van der Waals surface area (Å²) in [5.41, 5.74) is 2.94. The molecule has 1 aliphatic heterocycles. The molecule has 0 fully saturated rings. The average Bonchev–Trinajstić information content (AvgIpc) is 2.72. The highest BCUT2D eigenvalue weighted by atomic mass is 31.2. The fraction of sp³-hybridized carbons (Fsp3) is 0.381. The molecule has 0 saturated heterocycles. The number of benzene rings is 2. The quantitative estimate of drug-likeness (QED) is 0.611. The van der Waals surface area contributed by atoms with Gasteiger partial charge in [0.05, 0.1) is 19.8 Å². The van der Waals surface area contributed by atoms with Gasteiger partial charge in [0, 0.05) is 6.42 Å². The number of amides is 1. The van der Waals surface area contributed by atoms with Crippen molar-refractivity contribution in [2.24, 2.45) is 0 Å². The molecule has 3 rings (SSSR count). The van der Waals surface area contributed by atoms with Crippen molar-refractivity contribution in [1.29, 1.82) is 0 Å². The predicted octanol–water partition coefficient (Wildman–Crippen LogP) is 4.97. The van der Waals surface area contributed by atoms with Crippen molar-refractivity contribution in [2.75, 3.05) is 13.2 Å². The molecule has 1 amide bonds. The molecule has 1 atom stereocenters. The van der Waals surface area contributed by atoms with Crippen LogP contribution in [0.4, 0.5) is 4.79 Å². The van der Waals surface area contributed by atoms with Crippen LogP contribution in [0.15, 0.2) is 54.6 Å². The summed E-state index contributed by atoms with van der Waals surface area (Å²) in [6.45, 7) is 4.46. The van der Waals surface area contributed by atoms with Gasteiger partial charge in [-0.15, -0.1) is 0 Å². The van der Waals surface area contributed by atoms with Gasteiger partial charge >= 0.3 is 13.7 Å². The lowest BCUT2D eigenvalue weighted by molar-refractivity contribution is 0.0768. The lowest BCUT2D eigenvalue weighted by atomic mass is 10.00. The molecule has 0 aromatic heterocycles. The first kappa shape index (κ1) is 20.6. The zero-order valence-corrected chi connectivity index (χ0v) is 17.1. The monoisotopic (exact) mass is 403 g/mol. The SMILES string of the molecule is CCOP(=O)(OCC)[C@H]1Cc2ccccc2CN1C(=O)OCc1ccccc1. The van der Waals surface area contributed by atoms with Crippen LogP contribution in [-0.2, 0) is 37.9 Å². The van der Waals surface area contributed by atoms with E-state index in [1.807, 2.05) is 54.6 Å². The number of carbonyl (C=O) groups is 1. The van der Waals surface area contributed by atoms with E-state index >= 15 is 0 Å². The molecule has 2 aromatic carbocycles. The van der Waals surface area contributed by atoms with Gasteiger partial charge in [-0.2, -0.15) is 0 Å². The molecule has 0 radical (unpaired) electrons. The number of carbonyl (C=O) groups excluding carboxylic acids is 1. The smallest absolute Gasteiger partial charge is 0.411 e. The second-order valence-corrected chi connectivity index (χ2v) is 8.69. The van der Waals surface area contributed by atoms with Crippen LogP contribution >= 0.6 is 7.60 Å². The van der Waals surface area contributed by atoms with Crippen LogP contribution in [0.1, 0.15) is 30.5 Å². The van der Waals surface area contributed by atoms with Crippen molar-refractivity contribution >= 4 is 13.7 Å². The normalized spacial score (nSPS) is 16.5. The van der Waals surface area contributed by atoms with Gasteiger partial charge in [-0.1, -0.05) is 54.6 Å². The molecule has 0 N–H and O–H groups in total. The van der Waals surface area contributed by atoms with E-state index in [2.05, 4.69) is 0 Å². The maximum Gasteiger partial charge on any atom is 0.411 e. The van der Waals surface area contributed by atoms with Crippen molar-refractivity contribution in [3.05, 3.63) is 71.3 Å². The highest BCUT2D eigenvalue weighted by Gasteiger charge is 2.45. The van der Waals surface area contributed by atoms with Gasteiger partial charge < -0.3 is 13.8 Å². The first-order valence-electron chi connectivity index (χ1n) is 9.50. The van der Waals surface area contributed by atoms with E-state index in [0.717, 1.165) is 16.7 Å². The van der Waals surface area contributed by atoms with Crippen LogP contribution in [0.25, 0.3) is 0 Å². The first-order chi connectivity index (χ1) is 13.6. The minimum Gasteiger partial charge on any atom is -0.445 e. The van der Waals surface area contributed by atoms with Crippen molar-refractivity contribution in [3.8, 4) is 0 Å². The zero-order valence-electron chi connectivity index (χ0n) is 16.2. The maximum atomic E-state index is 13.5. The van der Waals surface area contributed by atoms with Crippen LogP contribution in [0.2, 0.25) is 0 Å². The summed E-state index contributed by atoms with van der Waals surface area (Å²) in [7, 11) is -3.53. The summed E-state index contributed by atoms with van der Waals surface area (Å²) in [6, 6.07) is 17.3. The lowest BCUT2D eigenvalue weighted by Crippen LogP contribution is -2.45. The molecule has 1 heterocycles. The van der Waals surface area contributed by atoms with Crippen molar-refractivity contribution in [3.63, 3.8) is 0 Å². The van der Waals surface area contributed by atoms with Crippen LogP contribution in [-0.4, -0.2) is 30.0 Å². The second kappa shape index (κ2) is 9.37. The summed E-state index contributed by atoms with van der Waals surface area (Å²) >= 11 is 0. The number of ether oxygens (including phenoxy) is 1. The van der Waals surface area contributed by atoms with Gasteiger partial charge in [-0.05, 0) is 30.5 Å². The third-order valence-electron chi connectivity index (χ3n) is 4.64. The average molecular weight is 403 g/mol. The Bertz CT molecular complexity index is 832. The zero-order chi connectivity index (χ0) is 20.0. The molecule has 0 spiro atoms. The molecule has 0 aliphatic carbocycles. The molecule has 0 unspecified atom stereocenters. The Morgan fingerprint density at radius 2 is 1.61 bits per heavy atom. The van der Waals surface area contributed by atoms with E-state index in [1.54, 1.807) is 13.8 Å². The summed E-state index contributed by atoms with van der Waals surface area (Å²) in [5.74, 6) is -0.717. The van der Waals surface area contributed by atoms with Crippen LogP contribution in [0.3, 0.4) is 0 Å². The van der Waals surface area contributed by atoms with E-state index < -0.39 is 19.5 Å². The highest BCUT2D eigenvalue weighted by molar-refractivity contribution is 7.54. The predicted molar refractivity (Wildman–Crippen MR) is 107 cm³/mol. The van der Waals surface area contributed by atoms with Crippen molar-refractivity contribution in [1.82, 2.24) is 4.90 Å².